The molecule has 0 amide bonds. The molecule has 4 nitrogen and oxygen atoms in total. The van der Waals surface area contributed by atoms with Crippen LogP contribution in [0.4, 0.5) is 0 Å². The summed E-state index contributed by atoms with van der Waals surface area (Å²) >= 11 is 0. The molecule has 0 aliphatic carbocycles. The van der Waals surface area contributed by atoms with E-state index in [1.165, 1.54) is 0 Å². The van der Waals surface area contributed by atoms with Crippen molar-refractivity contribution in [1.29, 1.82) is 0 Å². The molecule has 5 heteroatoms. The first-order valence-electron chi connectivity index (χ1n) is 8.48. The highest BCUT2D eigenvalue weighted by atomic mass is 28.4. The minimum Gasteiger partial charge on any atom is -0.468 e. The summed E-state index contributed by atoms with van der Waals surface area (Å²) < 4.78 is 16.7. The number of unbranched alkanes of at least 4 members (excludes halogenated alkanes) is 1. The molecule has 0 aliphatic heterocycles. The first-order chi connectivity index (χ1) is 10.6. The van der Waals surface area contributed by atoms with Gasteiger partial charge >= 0.3 is 5.97 Å². The molecule has 1 rings (SSSR count). The molecular weight excluding hydrogens is 308 g/mol. The van der Waals surface area contributed by atoms with Crippen molar-refractivity contribution in [2.45, 2.75) is 72.0 Å². The molecule has 0 saturated carbocycles. The van der Waals surface area contributed by atoms with Crippen molar-refractivity contribution >= 4 is 14.3 Å². The van der Waals surface area contributed by atoms with Crippen LogP contribution in [-0.4, -0.2) is 27.5 Å². The largest absolute Gasteiger partial charge is 0.468 e. The lowest BCUT2D eigenvalue weighted by Gasteiger charge is -2.36. The normalized spacial score (nSPS) is 12.5. The second-order valence-electron chi connectivity index (χ2n) is 7.48. The van der Waals surface area contributed by atoms with Crippen LogP contribution >= 0.6 is 0 Å². The highest BCUT2D eigenvalue weighted by molar-refractivity contribution is 6.74. The zero-order chi connectivity index (χ0) is 17.7. The average molecular weight is 341 g/mol. The van der Waals surface area contributed by atoms with Gasteiger partial charge in [-0.25, -0.2) is 4.79 Å². The molecule has 0 radical (unpaired) electrons. The second kappa shape index (κ2) is 8.15. The SMILES string of the molecule is CCOC(=O)c1c(CCCCO[Si](C)(C)C(C)(C)C)coc1C. The molecule has 0 bridgehead atoms. The molecule has 0 N–H and O–H groups in total. The van der Waals surface area contributed by atoms with Crippen LogP contribution in [0.25, 0.3) is 0 Å². The highest BCUT2D eigenvalue weighted by Gasteiger charge is 2.36. The Morgan fingerprint density at radius 2 is 1.91 bits per heavy atom. The van der Waals surface area contributed by atoms with E-state index in [9.17, 15) is 4.79 Å². The van der Waals surface area contributed by atoms with Crippen molar-refractivity contribution in [2.75, 3.05) is 13.2 Å². The molecule has 132 valence electrons. The number of carbonyl (C=O) groups excluding carboxylic acids is 1. The fourth-order valence-electron chi connectivity index (χ4n) is 2.13. The van der Waals surface area contributed by atoms with E-state index >= 15 is 0 Å². The van der Waals surface area contributed by atoms with Gasteiger partial charge in [-0.1, -0.05) is 20.8 Å². The summed E-state index contributed by atoms with van der Waals surface area (Å²) in [4.78, 5) is 12.0. The van der Waals surface area contributed by atoms with Gasteiger partial charge in [0.25, 0.3) is 0 Å². The smallest absolute Gasteiger partial charge is 0.341 e. The molecule has 1 aromatic heterocycles. The van der Waals surface area contributed by atoms with Gasteiger partial charge in [-0.3, -0.25) is 0 Å². The number of aryl methyl sites for hydroxylation is 2. The van der Waals surface area contributed by atoms with Gasteiger partial charge in [-0.15, -0.1) is 0 Å². The molecule has 23 heavy (non-hydrogen) atoms. The summed E-state index contributed by atoms with van der Waals surface area (Å²) in [5, 5.41) is 0.242. The van der Waals surface area contributed by atoms with Crippen LogP contribution < -0.4 is 0 Å². The molecule has 0 aliphatic rings. The maximum Gasteiger partial charge on any atom is 0.341 e. The van der Waals surface area contributed by atoms with E-state index in [1.54, 1.807) is 13.2 Å². The van der Waals surface area contributed by atoms with Crippen LogP contribution in [0.1, 0.15) is 62.2 Å². The first kappa shape index (κ1) is 20.0. The third kappa shape index (κ3) is 5.50. The lowest BCUT2D eigenvalue weighted by atomic mass is 10.1. The molecule has 0 aromatic carbocycles. The van der Waals surface area contributed by atoms with Crippen molar-refractivity contribution < 1.29 is 18.4 Å². The van der Waals surface area contributed by atoms with Crippen molar-refractivity contribution in [3.8, 4) is 0 Å². The Morgan fingerprint density at radius 3 is 2.48 bits per heavy atom. The van der Waals surface area contributed by atoms with Crippen LogP contribution in [0.3, 0.4) is 0 Å². The number of rotatable bonds is 8. The molecular formula is C18H32O4Si. The number of ether oxygens (including phenoxy) is 1. The lowest BCUT2D eigenvalue weighted by Crippen LogP contribution is -2.40. The minimum absolute atomic E-state index is 0.242. The summed E-state index contributed by atoms with van der Waals surface area (Å²) in [5.74, 6) is 0.349. The van der Waals surface area contributed by atoms with Crippen molar-refractivity contribution in [1.82, 2.24) is 0 Å². The Kier molecular flexibility index (Phi) is 7.08. The third-order valence-electron chi connectivity index (χ3n) is 4.64. The predicted molar refractivity (Wildman–Crippen MR) is 95.5 cm³/mol. The van der Waals surface area contributed by atoms with E-state index in [1.807, 2.05) is 6.92 Å². The van der Waals surface area contributed by atoms with Gasteiger partial charge in [0.1, 0.15) is 11.3 Å². The number of carbonyl (C=O) groups is 1. The average Bonchev–Trinajstić information content (AvgIpc) is 2.78. The van der Waals surface area contributed by atoms with Crippen LogP contribution in [0.2, 0.25) is 18.1 Å². The van der Waals surface area contributed by atoms with Crippen LogP contribution in [0.15, 0.2) is 10.7 Å². The molecule has 0 atom stereocenters. The van der Waals surface area contributed by atoms with Crippen molar-refractivity contribution in [3.63, 3.8) is 0 Å². The quantitative estimate of drug-likeness (QED) is 0.375. The molecule has 0 spiro atoms. The zero-order valence-electron chi connectivity index (χ0n) is 15.7. The van der Waals surface area contributed by atoms with Gasteiger partial charge in [0.15, 0.2) is 8.32 Å². The summed E-state index contributed by atoms with van der Waals surface area (Å²) in [7, 11) is -1.66. The maximum absolute atomic E-state index is 12.0. The summed E-state index contributed by atoms with van der Waals surface area (Å²) in [6.07, 6.45) is 4.45. The molecule has 0 fully saturated rings. The van der Waals surface area contributed by atoms with Gasteiger partial charge < -0.3 is 13.6 Å². The van der Waals surface area contributed by atoms with E-state index in [4.69, 9.17) is 13.6 Å². The van der Waals surface area contributed by atoms with E-state index in [-0.39, 0.29) is 11.0 Å². The standard InChI is InChI=1S/C18H32O4Si/c1-8-20-17(19)16-14(2)21-13-15(16)11-9-10-12-22-23(6,7)18(3,4)5/h13H,8-12H2,1-7H3. The Labute approximate surface area is 141 Å². The Bertz CT molecular complexity index is 512. The van der Waals surface area contributed by atoms with Crippen molar-refractivity contribution in [3.05, 3.63) is 23.2 Å². The fraction of sp³-hybridized carbons (Fsp3) is 0.722. The number of hydrogen-bond acceptors (Lipinski definition) is 4. The van der Waals surface area contributed by atoms with E-state index in [2.05, 4.69) is 33.9 Å². The summed E-state index contributed by atoms with van der Waals surface area (Å²) in [6.45, 7) is 16.1. The molecule has 1 aromatic rings. The second-order valence-corrected chi connectivity index (χ2v) is 12.3. The highest BCUT2D eigenvalue weighted by Crippen LogP contribution is 2.36. The van der Waals surface area contributed by atoms with Crippen LogP contribution in [0.5, 0.6) is 0 Å². The fourth-order valence-corrected chi connectivity index (χ4v) is 3.21. The van der Waals surface area contributed by atoms with Gasteiger partial charge in [0.2, 0.25) is 0 Å². The Hall–Kier alpha value is -1.07. The predicted octanol–water partition coefficient (Wildman–Crippen LogP) is 5.11. The Morgan fingerprint density at radius 1 is 1.26 bits per heavy atom. The summed E-state index contributed by atoms with van der Waals surface area (Å²) in [6, 6.07) is 0. The lowest BCUT2D eigenvalue weighted by molar-refractivity contribution is 0.0523. The van der Waals surface area contributed by atoms with Gasteiger partial charge in [0, 0.05) is 12.2 Å². The molecule has 1 heterocycles. The van der Waals surface area contributed by atoms with Gasteiger partial charge in [0.05, 0.1) is 12.9 Å². The third-order valence-corrected chi connectivity index (χ3v) is 9.18. The van der Waals surface area contributed by atoms with E-state index < -0.39 is 8.32 Å². The van der Waals surface area contributed by atoms with Gasteiger partial charge in [-0.05, 0) is 51.2 Å². The Balaban J connectivity index is 2.47. The van der Waals surface area contributed by atoms with Crippen LogP contribution in [-0.2, 0) is 15.6 Å². The summed E-state index contributed by atoms with van der Waals surface area (Å²) in [5.41, 5.74) is 1.53. The number of esters is 1. The first-order valence-corrected chi connectivity index (χ1v) is 11.4. The zero-order valence-corrected chi connectivity index (χ0v) is 16.7. The minimum atomic E-state index is -1.66. The van der Waals surface area contributed by atoms with Crippen LogP contribution in [0, 0.1) is 6.92 Å². The van der Waals surface area contributed by atoms with E-state index in [0.29, 0.717) is 17.9 Å². The monoisotopic (exact) mass is 340 g/mol. The van der Waals surface area contributed by atoms with Gasteiger partial charge in [-0.2, -0.15) is 0 Å². The van der Waals surface area contributed by atoms with E-state index in [0.717, 1.165) is 31.4 Å². The molecule has 0 unspecified atom stereocenters. The molecule has 0 saturated heterocycles. The number of furan rings is 1. The van der Waals surface area contributed by atoms with Crippen molar-refractivity contribution in [2.24, 2.45) is 0 Å². The number of hydrogen-bond donors (Lipinski definition) is 0. The topological polar surface area (TPSA) is 48.7 Å². The maximum atomic E-state index is 12.0.